The van der Waals surface area contributed by atoms with E-state index in [1.54, 1.807) is 24.3 Å². The van der Waals surface area contributed by atoms with Gasteiger partial charge in [-0.1, -0.05) is 26.0 Å². The predicted octanol–water partition coefficient (Wildman–Crippen LogP) is 2.90. The van der Waals surface area contributed by atoms with Crippen molar-refractivity contribution in [1.29, 1.82) is 0 Å². The van der Waals surface area contributed by atoms with Crippen LogP contribution in [0, 0.1) is 5.92 Å². The minimum atomic E-state index is -3.07. The largest absolute Gasteiger partial charge is 0.462 e. The summed E-state index contributed by atoms with van der Waals surface area (Å²) in [6, 6.07) is 6.60. The second kappa shape index (κ2) is 6.17. The van der Waals surface area contributed by atoms with E-state index in [0.29, 0.717) is 18.1 Å². The molecule has 18 heavy (non-hydrogen) atoms. The number of ether oxygens (including phenoxy) is 1. The van der Waals surface area contributed by atoms with Crippen molar-refractivity contribution in [2.75, 3.05) is 13.3 Å². The Morgan fingerprint density at radius 3 is 2.33 bits per heavy atom. The summed E-state index contributed by atoms with van der Waals surface area (Å²) in [5.74, 6) is -0.0625. The average Bonchev–Trinajstić information content (AvgIpc) is 2.24. The predicted molar refractivity (Wildman–Crippen MR) is 71.0 cm³/mol. The second-order valence-electron chi connectivity index (χ2n) is 4.90. The van der Waals surface area contributed by atoms with Crippen LogP contribution in [0.1, 0.15) is 29.8 Å². The molecular formula is C13H19O4P. The maximum atomic E-state index is 11.6. The molecule has 1 unspecified atom stereocenters. The van der Waals surface area contributed by atoms with Gasteiger partial charge in [-0.2, -0.15) is 0 Å². The van der Waals surface area contributed by atoms with E-state index in [2.05, 4.69) is 0 Å². The van der Waals surface area contributed by atoms with Crippen molar-refractivity contribution in [3.63, 3.8) is 0 Å². The Labute approximate surface area is 107 Å². The minimum Gasteiger partial charge on any atom is -0.462 e. The Bertz CT molecular complexity index is 445. The molecule has 0 fully saturated rings. The topological polar surface area (TPSA) is 63.6 Å². The number of hydrogen-bond donors (Lipinski definition) is 1. The summed E-state index contributed by atoms with van der Waals surface area (Å²) in [7, 11) is -3.07. The van der Waals surface area contributed by atoms with E-state index >= 15 is 0 Å². The number of rotatable bonds is 5. The molecule has 1 aromatic carbocycles. The zero-order chi connectivity index (χ0) is 13.8. The molecular weight excluding hydrogens is 251 g/mol. The van der Waals surface area contributed by atoms with E-state index in [9.17, 15) is 14.3 Å². The van der Waals surface area contributed by atoms with Crippen molar-refractivity contribution < 1.29 is 19.0 Å². The number of carbonyl (C=O) groups is 1. The van der Waals surface area contributed by atoms with Gasteiger partial charge in [0, 0.05) is 12.8 Å². The number of carbonyl (C=O) groups excluding carboxylic acids is 1. The molecule has 4 nitrogen and oxygen atoms in total. The van der Waals surface area contributed by atoms with Crippen LogP contribution in [0.3, 0.4) is 0 Å². The third kappa shape index (κ3) is 5.48. The molecule has 0 aliphatic heterocycles. The van der Waals surface area contributed by atoms with Gasteiger partial charge in [-0.15, -0.1) is 0 Å². The molecule has 1 atom stereocenters. The van der Waals surface area contributed by atoms with E-state index in [1.165, 1.54) is 6.66 Å². The first-order chi connectivity index (χ1) is 8.28. The zero-order valence-electron chi connectivity index (χ0n) is 10.9. The standard InChI is InChI=1S/C13H19O4P/c1-10(2)8-17-13(14)12-6-4-11(5-7-12)9-18(3,15)16/h4-7,10H,8-9H2,1-3H3,(H,15,16). The Balaban J connectivity index is 2.65. The highest BCUT2D eigenvalue weighted by Crippen LogP contribution is 2.39. The smallest absolute Gasteiger partial charge is 0.338 e. The van der Waals surface area contributed by atoms with Crippen LogP contribution in [-0.4, -0.2) is 24.1 Å². The van der Waals surface area contributed by atoms with Crippen molar-refractivity contribution in [2.45, 2.75) is 20.0 Å². The fraction of sp³-hybridized carbons (Fsp3) is 0.462. The Morgan fingerprint density at radius 2 is 1.89 bits per heavy atom. The van der Waals surface area contributed by atoms with Crippen LogP contribution in [0.5, 0.6) is 0 Å². The lowest BCUT2D eigenvalue weighted by atomic mass is 10.1. The quantitative estimate of drug-likeness (QED) is 0.660. The molecule has 0 saturated carbocycles. The number of benzene rings is 1. The van der Waals surface area contributed by atoms with Crippen LogP contribution in [0.2, 0.25) is 0 Å². The molecule has 100 valence electrons. The molecule has 0 aromatic heterocycles. The van der Waals surface area contributed by atoms with Gasteiger partial charge < -0.3 is 9.63 Å². The highest BCUT2D eigenvalue weighted by Gasteiger charge is 2.12. The van der Waals surface area contributed by atoms with Crippen LogP contribution in [0.4, 0.5) is 0 Å². The molecule has 0 aliphatic carbocycles. The van der Waals surface area contributed by atoms with Gasteiger partial charge in [-0.05, 0) is 23.6 Å². The van der Waals surface area contributed by atoms with Crippen LogP contribution in [0.15, 0.2) is 24.3 Å². The van der Waals surface area contributed by atoms with Crippen molar-refractivity contribution in [1.82, 2.24) is 0 Å². The van der Waals surface area contributed by atoms with Gasteiger partial charge in [0.2, 0.25) is 7.37 Å². The van der Waals surface area contributed by atoms with E-state index in [0.717, 1.165) is 5.56 Å². The molecule has 0 heterocycles. The summed E-state index contributed by atoms with van der Waals surface area (Å²) in [4.78, 5) is 20.9. The number of esters is 1. The fourth-order valence-electron chi connectivity index (χ4n) is 1.41. The molecule has 0 saturated heterocycles. The highest BCUT2D eigenvalue weighted by atomic mass is 31.2. The summed E-state index contributed by atoms with van der Waals surface area (Å²) in [5, 5.41) is 0. The van der Waals surface area contributed by atoms with Gasteiger partial charge in [0.15, 0.2) is 0 Å². The van der Waals surface area contributed by atoms with Gasteiger partial charge in [0.05, 0.1) is 12.2 Å². The Morgan fingerprint density at radius 1 is 1.33 bits per heavy atom. The summed E-state index contributed by atoms with van der Waals surface area (Å²) < 4.78 is 16.3. The first-order valence-corrected chi connectivity index (χ1v) is 8.12. The summed E-state index contributed by atoms with van der Waals surface area (Å²) in [6.07, 6.45) is 0.119. The summed E-state index contributed by atoms with van der Waals surface area (Å²) in [5.41, 5.74) is 1.20. The van der Waals surface area contributed by atoms with Crippen molar-refractivity contribution >= 4 is 13.3 Å². The molecule has 1 rings (SSSR count). The maximum absolute atomic E-state index is 11.6. The van der Waals surface area contributed by atoms with Gasteiger partial charge in [0.1, 0.15) is 0 Å². The second-order valence-corrected chi connectivity index (χ2v) is 7.32. The van der Waals surface area contributed by atoms with Gasteiger partial charge in [-0.25, -0.2) is 4.79 Å². The maximum Gasteiger partial charge on any atom is 0.338 e. The van der Waals surface area contributed by atoms with Crippen LogP contribution in [0.25, 0.3) is 0 Å². The minimum absolute atomic E-state index is 0.119. The first kappa shape index (κ1) is 14.9. The lowest BCUT2D eigenvalue weighted by molar-refractivity contribution is 0.0459. The number of hydrogen-bond acceptors (Lipinski definition) is 3. The van der Waals surface area contributed by atoms with E-state index in [1.807, 2.05) is 13.8 Å². The van der Waals surface area contributed by atoms with E-state index in [-0.39, 0.29) is 12.1 Å². The highest BCUT2D eigenvalue weighted by molar-refractivity contribution is 7.56. The normalized spacial score (nSPS) is 14.3. The molecule has 5 heteroatoms. The average molecular weight is 270 g/mol. The first-order valence-electron chi connectivity index (χ1n) is 5.83. The Kier molecular flexibility index (Phi) is 5.12. The van der Waals surface area contributed by atoms with Crippen molar-refractivity contribution in [2.24, 2.45) is 5.92 Å². The summed E-state index contributed by atoms with van der Waals surface area (Å²) >= 11 is 0. The van der Waals surface area contributed by atoms with E-state index in [4.69, 9.17) is 4.74 Å². The SMILES string of the molecule is CC(C)COC(=O)c1ccc(CP(C)(=O)O)cc1. The molecule has 0 amide bonds. The third-order valence-electron chi connectivity index (χ3n) is 2.21. The molecule has 0 bridgehead atoms. The van der Waals surface area contributed by atoms with Gasteiger partial charge in [-0.3, -0.25) is 4.57 Å². The lowest BCUT2D eigenvalue weighted by Gasteiger charge is -2.08. The van der Waals surface area contributed by atoms with Crippen molar-refractivity contribution in [3.05, 3.63) is 35.4 Å². The monoisotopic (exact) mass is 270 g/mol. The van der Waals surface area contributed by atoms with Gasteiger partial charge in [0.25, 0.3) is 0 Å². The summed E-state index contributed by atoms with van der Waals surface area (Å²) in [6.45, 7) is 5.64. The van der Waals surface area contributed by atoms with Gasteiger partial charge >= 0.3 is 5.97 Å². The van der Waals surface area contributed by atoms with Crippen molar-refractivity contribution in [3.8, 4) is 0 Å². The molecule has 1 aromatic rings. The lowest BCUT2D eigenvalue weighted by Crippen LogP contribution is -2.10. The molecule has 1 N–H and O–H groups in total. The van der Waals surface area contributed by atoms with Crippen LogP contribution in [-0.2, 0) is 15.5 Å². The third-order valence-corrected chi connectivity index (χ3v) is 3.17. The fourth-order valence-corrected chi connectivity index (χ4v) is 2.30. The zero-order valence-corrected chi connectivity index (χ0v) is 11.8. The van der Waals surface area contributed by atoms with E-state index < -0.39 is 7.37 Å². The van der Waals surface area contributed by atoms with Crippen LogP contribution >= 0.6 is 7.37 Å². The molecule has 0 radical (unpaired) electrons. The Hall–Kier alpha value is -1.12. The molecule has 0 spiro atoms. The van der Waals surface area contributed by atoms with Crippen LogP contribution < -0.4 is 0 Å². The molecule has 0 aliphatic rings.